The first-order valence-electron chi connectivity index (χ1n) is 11.0. The predicted octanol–water partition coefficient (Wildman–Crippen LogP) is 1.59. The maximum absolute atomic E-state index is 5.55. The maximum Gasteiger partial charge on any atom is 0.225 e. The van der Waals surface area contributed by atoms with Gasteiger partial charge in [-0.3, -0.25) is 4.90 Å². The van der Waals surface area contributed by atoms with E-state index in [0.29, 0.717) is 0 Å². The van der Waals surface area contributed by atoms with E-state index in [1.807, 2.05) is 0 Å². The van der Waals surface area contributed by atoms with E-state index >= 15 is 0 Å². The molecule has 0 aromatic carbocycles. The van der Waals surface area contributed by atoms with Gasteiger partial charge in [0.1, 0.15) is 0 Å². The molecule has 0 spiro atoms. The van der Waals surface area contributed by atoms with Crippen LogP contribution in [0.25, 0.3) is 0 Å². The zero-order chi connectivity index (χ0) is 18.1. The zero-order valence-corrected chi connectivity index (χ0v) is 16.5. The van der Waals surface area contributed by atoms with Crippen LogP contribution in [0.5, 0.6) is 0 Å². The Morgan fingerprint density at radius 3 is 2.59 bits per heavy atom. The number of aromatic nitrogens is 2. The quantitative estimate of drug-likeness (QED) is 0.801. The molecule has 1 saturated carbocycles. The second kappa shape index (κ2) is 8.02. The van der Waals surface area contributed by atoms with E-state index in [1.165, 1.54) is 56.6 Å². The molecule has 2 saturated heterocycles. The molecule has 1 aromatic rings. The van der Waals surface area contributed by atoms with Gasteiger partial charge in [0.15, 0.2) is 0 Å². The van der Waals surface area contributed by atoms with Gasteiger partial charge in [0, 0.05) is 71.1 Å². The van der Waals surface area contributed by atoms with Crippen molar-refractivity contribution in [1.29, 1.82) is 0 Å². The largest absolute Gasteiger partial charge is 0.381 e. The van der Waals surface area contributed by atoms with Gasteiger partial charge in [0.25, 0.3) is 0 Å². The lowest BCUT2D eigenvalue weighted by Gasteiger charge is -2.43. The Labute approximate surface area is 162 Å². The normalized spacial score (nSPS) is 28.0. The molecule has 1 aromatic heterocycles. The van der Waals surface area contributed by atoms with Crippen molar-refractivity contribution in [3.05, 3.63) is 17.5 Å². The van der Waals surface area contributed by atoms with E-state index in [2.05, 4.69) is 20.9 Å². The van der Waals surface area contributed by atoms with Crippen LogP contribution in [0.3, 0.4) is 0 Å². The Hall–Kier alpha value is -1.24. The van der Waals surface area contributed by atoms with Gasteiger partial charge in [-0.25, -0.2) is 9.97 Å². The van der Waals surface area contributed by atoms with Crippen molar-refractivity contribution in [2.75, 3.05) is 63.9 Å². The van der Waals surface area contributed by atoms with Crippen LogP contribution in [0.1, 0.15) is 36.9 Å². The molecule has 3 fully saturated rings. The average Bonchev–Trinajstić information content (AvgIpc) is 3.08. The minimum atomic E-state index is 0.722. The summed E-state index contributed by atoms with van der Waals surface area (Å²) in [5, 5.41) is 0. The lowest BCUT2D eigenvalue weighted by Crippen LogP contribution is -2.52. The van der Waals surface area contributed by atoms with Gasteiger partial charge in [0.2, 0.25) is 5.95 Å². The Bertz CT molecular complexity index is 635. The molecule has 0 radical (unpaired) electrons. The van der Waals surface area contributed by atoms with E-state index in [4.69, 9.17) is 14.7 Å². The van der Waals surface area contributed by atoms with Crippen LogP contribution in [-0.2, 0) is 17.6 Å². The summed E-state index contributed by atoms with van der Waals surface area (Å²) in [6, 6.07) is 0.858. The van der Waals surface area contributed by atoms with Crippen molar-refractivity contribution >= 4 is 5.95 Å². The Balaban J connectivity index is 1.19. The second-order valence-electron chi connectivity index (χ2n) is 8.78. The van der Waals surface area contributed by atoms with Gasteiger partial charge < -0.3 is 14.5 Å². The number of hydrogen-bond donors (Lipinski definition) is 0. The zero-order valence-electron chi connectivity index (χ0n) is 16.5. The third kappa shape index (κ3) is 3.98. The second-order valence-corrected chi connectivity index (χ2v) is 8.78. The topological polar surface area (TPSA) is 44.7 Å². The number of rotatable bonds is 4. The summed E-state index contributed by atoms with van der Waals surface area (Å²) in [4.78, 5) is 17.4. The molecule has 0 N–H and O–H groups in total. The average molecular weight is 372 g/mol. The molecule has 27 heavy (non-hydrogen) atoms. The van der Waals surface area contributed by atoms with Crippen molar-refractivity contribution < 1.29 is 4.74 Å². The highest BCUT2D eigenvalue weighted by Crippen LogP contribution is 2.26. The van der Waals surface area contributed by atoms with E-state index < -0.39 is 0 Å². The van der Waals surface area contributed by atoms with Gasteiger partial charge in [-0.2, -0.15) is 0 Å². The molecule has 5 rings (SSSR count). The Morgan fingerprint density at radius 1 is 1.00 bits per heavy atom. The SMILES string of the molecule is c1nc(N2CCN(C3CCC3)CC2)nc2c1CCN(CC1CCOC1)CC2. The highest BCUT2D eigenvalue weighted by Gasteiger charge is 2.29. The first-order valence-corrected chi connectivity index (χ1v) is 11.0. The predicted molar refractivity (Wildman–Crippen MR) is 106 cm³/mol. The van der Waals surface area contributed by atoms with Crippen molar-refractivity contribution in [1.82, 2.24) is 19.8 Å². The fraction of sp³-hybridized carbons (Fsp3) is 0.810. The highest BCUT2D eigenvalue weighted by atomic mass is 16.5. The number of ether oxygens (including phenoxy) is 1. The van der Waals surface area contributed by atoms with Crippen LogP contribution in [0, 0.1) is 5.92 Å². The molecular weight excluding hydrogens is 338 g/mol. The molecule has 0 bridgehead atoms. The molecule has 3 aliphatic heterocycles. The molecule has 6 nitrogen and oxygen atoms in total. The van der Waals surface area contributed by atoms with Crippen LogP contribution in [0.2, 0.25) is 0 Å². The summed E-state index contributed by atoms with van der Waals surface area (Å²) in [5.41, 5.74) is 2.64. The molecule has 148 valence electrons. The van der Waals surface area contributed by atoms with E-state index in [-0.39, 0.29) is 0 Å². The van der Waals surface area contributed by atoms with Gasteiger partial charge in [-0.1, -0.05) is 6.42 Å². The molecule has 6 heteroatoms. The van der Waals surface area contributed by atoms with Crippen molar-refractivity contribution in [2.24, 2.45) is 5.92 Å². The molecular formula is C21H33N5O. The fourth-order valence-electron chi connectivity index (χ4n) is 4.98. The van der Waals surface area contributed by atoms with Gasteiger partial charge in [-0.05, 0) is 37.2 Å². The molecule has 4 aliphatic rings. The van der Waals surface area contributed by atoms with Crippen LogP contribution >= 0.6 is 0 Å². The third-order valence-electron chi connectivity index (χ3n) is 7.03. The molecule has 4 heterocycles. The lowest BCUT2D eigenvalue weighted by molar-refractivity contribution is 0.120. The van der Waals surface area contributed by atoms with Crippen molar-refractivity contribution in [3.63, 3.8) is 0 Å². The molecule has 0 amide bonds. The van der Waals surface area contributed by atoms with Crippen molar-refractivity contribution in [3.8, 4) is 0 Å². The molecule has 1 unspecified atom stereocenters. The molecule has 1 aliphatic carbocycles. The number of anilines is 1. The standard InChI is InChI=1S/C21H33N5O/c1-2-19(3-1)25-9-11-26(12-10-25)21-22-14-18-4-7-24(8-5-20(18)23-21)15-17-6-13-27-16-17/h14,17,19H,1-13,15-16H2. The van der Waals surface area contributed by atoms with Crippen LogP contribution in [0.4, 0.5) is 5.95 Å². The van der Waals surface area contributed by atoms with Crippen LogP contribution in [0.15, 0.2) is 6.20 Å². The van der Waals surface area contributed by atoms with Crippen molar-refractivity contribution in [2.45, 2.75) is 44.6 Å². The van der Waals surface area contributed by atoms with E-state index in [1.54, 1.807) is 0 Å². The van der Waals surface area contributed by atoms with E-state index in [9.17, 15) is 0 Å². The number of hydrogen-bond acceptors (Lipinski definition) is 6. The number of nitrogens with zero attached hydrogens (tertiary/aromatic N) is 5. The lowest BCUT2D eigenvalue weighted by atomic mass is 9.91. The maximum atomic E-state index is 5.55. The minimum absolute atomic E-state index is 0.722. The van der Waals surface area contributed by atoms with Crippen LogP contribution in [-0.4, -0.2) is 84.8 Å². The summed E-state index contributed by atoms with van der Waals surface area (Å²) < 4.78 is 5.55. The van der Waals surface area contributed by atoms with Gasteiger partial charge in [-0.15, -0.1) is 0 Å². The number of piperazine rings is 1. The first kappa shape index (κ1) is 17.8. The Kier molecular flexibility index (Phi) is 5.29. The minimum Gasteiger partial charge on any atom is -0.381 e. The summed E-state index contributed by atoms with van der Waals surface area (Å²) in [5.74, 6) is 1.68. The third-order valence-corrected chi connectivity index (χ3v) is 7.03. The monoisotopic (exact) mass is 371 g/mol. The Morgan fingerprint density at radius 2 is 1.85 bits per heavy atom. The first-order chi connectivity index (χ1) is 13.3. The summed E-state index contributed by atoms with van der Waals surface area (Å²) in [6.45, 7) is 9.80. The van der Waals surface area contributed by atoms with Gasteiger partial charge in [0.05, 0.1) is 12.3 Å². The summed E-state index contributed by atoms with van der Waals surface area (Å²) in [7, 11) is 0. The molecule has 1 atom stereocenters. The number of fused-ring (bicyclic) bond motifs is 1. The van der Waals surface area contributed by atoms with Gasteiger partial charge >= 0.3 is 0 Å². The summed E-state index contributed by atoms with van der Waals surface area (Å²) in [6.07, 6.45) is 9.69. The fourth-order valence-corrected chi connectivity index (χ4v) is 4.98. The highest BCUT2D eigenvalue weighted by molar-refractivity contribution is 5.34. The smallest absolute Gasteiger partial charge is 0.225 e. The van der Waals surface area contributed by atoms with Crippen LogP contribution < -0.4 is 4.90 Å². The summed E-state index contributed by atoms with van der Waals surface area (Å²) >= 11 is 0. The van der Waals surface area contributed by atoms with E-state index in [0.717, 1.165) is 70.1 Å².